The van der Waals surface area contributed by atoms with Gasteiger partial charge in [-0.1, -0.05) is 48.5 Å². The van der Waals surface area contributed by atoms with Crippen molar-refractivity contribution in [3.05, 3.63) is 60.7 Å². The predicted octanol–water partition coefficient (Wildman–Crippen LogP) is 0.824. The number of anilines is 1. The maximum absolute atomic E-state index is 10.5. The lowest BCUT2D eigenvalue weighted by molar-refractivity contribution is -0.112. The lowest BCUT2D eigenvalue weighted by Gasteiger charge is -2.29. The van der Waals surface area contributed by atoms with Gasteiger partial charge in [-0.15, -0.1) is 0 Å². The van der Waals surface area contributed by atoms with E-state index in [0.29, 0.717) is 28.8 Å². The van der Waals surface area contributed by atoms with Gasteiger partial charge in [0.05, 0.1) is 12.7 Å². The van der Waals surface area contributed by atoms with Crippen LogP contribution in [0.4, 0.5) is 5.82 Å². The summed E-state index contributed by atoms with van der Waals surface area (Å²) in [5.74, 6) is 1.07. The number of benzene rings is 2. The first-order valence-corrected chi connectivity index (χ1v) is 10.7. The molecular weight excluding hydrogens is 440 g/mol. The number of hydrogen-bond donors (Lipinski definition) is 5. The first-order valence-electron chi connectivity index (χ1n) is 10.7. The molecule has 0 aliphatic heterocycles. The highest BCUT2D eigenvalue weighted by atomic mass is 16.4. The van der Waals surface area contributed by atoms with Crippen molar-refractivity contribution in [1.82, 2.24) is 15.0 Å². The minimum atomic E-state index is -1.73. The van der Waals surface area contributed by atoms with E-state index in [1.807, 2.05) is 60.7 Å². The molecule has 0 amide bonds. The van der Waals surface area contributed by atoms with Crippen LogP contribution in [0.5, 0.6) is 0 Å². The molecule has 34 heavy (non-hydrogen) atoms. The Balaban J connectivity index is 1.72. The normalized spacial score (nSPS) is 15.1. The van der Waals surface area contributed by atoms with Crippen molar-refractivity contribution in [3.63, 3.8) is 0 Å². The third-order valence-corrected chi connectivity index (χ3v) is 5.44. The zero-order valence-electron chi connectivity index (χ0n) is 18.4. The van der Waals surface area contributed by atoms with E-state index in [2.05, 4.69) is 15.0 Å². The van der Waals surface area contributed by atoms with Gasteiger partial charge in [0.25, 0.3) is 0 Å². The minimum absolute atomic E-state index is 0.169. The monoisotopic (exact) mass is 466 g/mol. The molecule has 4 atom stereocenters. The van der Waals surface area contributed by atoms with Gasteiger partial charge in [0, 0.05) is 24.7 Å². The first-order chi connectivity index (χ1) is 16.4. The fourth-order valence-electron chi connectivity index (χ4n) is 3.53. The van der Waals surface area contributed by atoms with Crippen molar-refractivity contribution in [2.45, 2.75) is 24.4 Å². The summed E-state index contributed by atoms with van der Waals surface area (Å²) in [7, 11) is 1.63. The van der Waals surface area contributed by atoms with Crippen molar-refractivity contribution in [2.24, 2.45) is 0 Å². The van der Waals surface area contributed by atoms with Crippen LogP contribution in [-0.4, -0.2) is 85.1 Å². The molecule has 10 nitrogen and oxygen atoms in total. The second-order valence-corrected chi connectivity index (χ2v) is 7.95. The van der Waals surface area contributed by atoms with Crippen LogP contribution in [0.3, 0.4) is 0 Å². The van der Waals surface area contributed by atoms with Gasteiger partial charge in [-0.05, 0) is 12.1 Å². The fraction of sp³-hybridized carbons (Fsp3) is 0.292. The van der Waals surface area contributed by atoms with E-state index in [9.17, 15) is 20.4 Å². The van der Waals surface area contributed by atoms with E-state index in [-0.39, 0.29) is 6.54 Å². The molecule has 0 spiro atoms. The summed E-state index contributed by atoms with van der Waals surface area (Å²) in [6, 6.07) is 18.6. The van der Waals surface area contributed by atoms with Gasteiger partial charge in [-0.2, -0.15) is 4.98 Å². The fourth-order valence-corrected chi connectivity index (χ4v) is 3.53. The van der Waals surface area contributed by atoms with Gasteiger partial charge in [0.15, 0.2) is 11.6 Å². The third kappa shape index (κ3) is 4.91. The summed E-state index contributed by atoms with van der Waals surface area (Å²) in [4.78, 5) is 15.3. The van der Waals surface area contributed by atoms with Crippen molar-refractivity contribution in [3.8, 4) is 22.8 Å². The van der Waals surface area contributed by atoms with Crippen LogP contribution in [0.15, 0.2) is 65.1 Å². The summed E-state index contributed by atoms with van der Waals surface area (Å²) in [5.41, 5.74) is 2.12. The number of likely N-dealkylation sites (N-methyl/N-ethyl adjacent to an activating group) is 1. The molecule has 2 aromatic carbocycles. The van der Waals surface area contributed by atoms with Gasteiger partial charge in [0.2, 0.25) is 17.1 Å². The molecule has 0 bridgehead atoms. The van der Waals surface area contributed by atoms with Crippen LogP contribution >= 0.6 is 0 Å². The molecular formula is C24H26N4O6. The zero-order valence-corrected chi connectivity index (χ0v) is 18.4. The molecule has 2 aromatic heterocycles. The minimum Gasteiger partial charge on any atom is -0.430 e. The summed E-state index contributed by atoms with van der Waals surface area (Å²) < 4.78 is 6.00. The van der Waals surface area contributed by atoms with Crippen LogP contribution in [0.1, 0.15) is 0 Å². The standard InChI is InChI=1S/C24H26N4O6/c1-28(12-16(30)18(32)19(33)17(31)13-29)23-20-22(25-21(26-23)14-8-4-2-5-9-14)27-24(34-20)15-10-6-3-7-11-15/h2-11,16-19,29-33H,12-13H2,1H3. The second kappa shape index (κ2) is 10.2. The molecule has 4 rings (SSSR count). The average Bonchev–Trinajstić information content (AvgIpc) is 3.32. The van der Waals surface area contributed by atoms with Crippen LogP contribution in [-0.2, 0) is 0 Å². The Morgan fingerprint density at radius 2 is 1.38 bits per heavy atom. The lowest BCUT2D eigenvalue weighted by atomic mass is 10.0. The van der Waals surface area contributed by atoms with E-state index in [1.165, 1.54) is 0 Å². The molecule has 0 saturated carbocycles. The van der Waals surface area contributed by atoms with Crippen molar-refractivity contribution < 1.29 is 29.9 Å². The molecule has 2 heterocycles. The molecule has 0 saturated heterocycles. The predicted molar refractivity (Wildman–Crippen MR) is 125 cm³/mol. The smallest absolute Gasteiger partial charge is 0.229 e. The van der Waals surface area contributed by atoms with Gasteiger partial charge < -0.3 is 34.8 Å². The summed E-state index contributed by atoms with van der Waals surface area (Å²) in [5, 5.41) is 49.2. The quantitative estimate of drug-likeness (QED) is 0.239. The zero-order chi connectivity index (χ0) is 24.2. The number of fused-ring (bicyclic) bond motifs is 1. The highest BCUT2D eigenvalue weighted by Gasteiger charge is 2.31. The maximum Gasteiger partial charge on any atom is 0.229 e. The van der Waals surface area contributed by atoms with E-state index in [1.54, 1.807) is 11.9 Å². The Labute approximate surface area is 195 Å². The molecule has 10 heteroatoms. The molecule has 4 aromatic rings. The Hall–Kier alpha value is -3.41. The van der Waals surface area contributed by atoms with E-state index >= 15 is 0 Å². The molecule has 0 fully saturated rings. The van der Waals surface area contributed by atoms with Gasteiger partial charge in [-0.3, -0.25) is 0 Å². The third-order valence-electron chi connectivity index (χ3n) is 5.44. The molecule has 178 valence electrons. The Bertz CT molecular complexity index is 1220. The Kier molecular flexibility index (Phi) is 7.15. The number of aliphatic hydroxyl groups excluding tert-OH is 5. The average molecular weight is 466 g/mol. The van der Waals surface area contributed by atoms with Crippen LogP contribution in [0.25, 0.3) is 34.1 Å². The highest BCUT2D eigenvalue weighted by Crippen LogP contribution is 2.31. The summed E-state index contributed by atoms with van der Waals surface area (Å²) in [6.45, 7) is -0.924. The molecule has 0 radical (unpaired) electrons. The highest BCUT2D eigenvalue weighted by molar-refractivity contribution is 5.85. The molecule has 0 aliphatic rings. The van der Waals surface area contributed by atoms with Gasteiger partial charge in [0.1, 0.15) is 18.3 Å². The number of hydrogen-bond acceptors (Lipinski definition) is 10. The Morgan fingerprint density at radius 1 is 0.794 bits per heavy atom. The molecule has 5 N–H and O–H groups in total. The first kappa shape index (κ1) is 23.7. The number of oxazole rings is 1. The van der Waals surface area contributed by atoms with Crippen LogP contribution < -0.4 is 4.90 Å². The van der Waals surface area contributed by atoms with E-state index in [4.69, 9.17) is 9.52 Å². The van der Waals surface area contributed by atoms with E-state index < -0.39 is 31.0 Å². The van der Waals surface area contributed by atoms with Crippen molar-refractivity contribution in [2.75, 3.05) is 25.1 Å². The van der Waals surface area contributed by atoms with E-state index in [0.717, 1.165) is 11.1 Å². The summed E-state index contributed by atoms with van der Waals surface area (Å²) >= 11 is 0. The van der Waals surface area contributed by atoms with Crippen LogP contribution in [0, 0.1) is 0 Å². The SMILES string of the molecule is CN(CC(O)C(O)C(O)C(O)CO)c1nc(-c2ccccc2)nc2nc(-c3ccccc3)oc12. The van der Waals surface area contributed by atoms with Crippen molar-refractivity contribution in [1.29, 1.82) is 0 Å². The second-order valence-electron chi connectivity index (χ2n) is 7.95. The van der Waals surface area contributed by atoms with Gasteiger partial charge >= 0.3 is 0 Å². The van der Waals surface area contributed by atoms with Crippen LogP contribution in [0.2, 0.25) is 0 Å². The maximum atomic E-state index is 10.5. The van der Waals surface area contributed by atoms with Gasteiger partial charge in [-0.25, -0.2) is 9.97 Å². The number of rotatable bonds is 9. The summed E-state index contributed by atoms with van der Waals surface area (Å²) in [6.07, 6.45) is -6.49. The molecule has 4 unspecified atom stereocenters. The largest absolute Gasteiger partial charge is 0.430 e. The lowest BCUT2D eigenvalue weighted by Crippen LogP contribution is -2.49. The molecule has 0 aliphatic carbocycles. The number of nitrogens with zero attached hydrogens (tertiary/aromatic N) is 4. The number of aromatic nitrogens is 3. The topological polar surface area (TPSA) is 156 Å². The Morgan fingerprint density at radius 3 is 2.00 bits per heavy atom. The van der Waals surface area contributed by atoms with Crippen molar-refractivity contribution >= 4 is 17.0 Å². The number of aliphatic hydroxyl groups is 5.